The zero-order valence-corrected chi connectivity index (χ0v) is 32.2. The second kappa shape index (κ2) is 17.5. The smallest absolute Gasteiger partial charge is 0.237 e. The molecule has 0 spiro atoms. The SMILES string of the molecule is COc1nc(-c2cccc(-c3cccc(-c4cnc(CN(Cc5ccccc5)C[C@@H]5CCC(=O)N5)c(OC)n4)c3Cl)c2Cl)cnc1CNC[C@@H]1CCC(=O)N1. The van der Waals surface area contributed by atoms with Crippen molar-refractivity contribution >= 4 is 35.0 Å². The van der Waals surface area contributed by atoms with E-state index < -0.39 is 0 Å². The van der Waals surface area contributed by atoms with E-state index >= 15 is 0 Å². The topological polar surface area (TPSA) is 143 Å². The molecule has 4 heterocycles. The maximum atomic E-state index is 12.0. The number of benzene rings is 3. The standard InChI is InChI=1S/C41H42Cl2N8O4/c1-54-40-34(19-44-18-26-14-16-36(52)47-26)45-20-32(49-40)30-12-6-10-28(38(30)42)29-11-7-13-31(39(29)43)33-21-46-35(41(50-33)55-2)24-51(22-25-8-4-3-5-9-25)23-27-15-17-37(53)48-27/h3-13,20-21,26-27,44H,14-19,22-24H2,1-2H3,(H,47,52)(H,48,53)/t26-,27-/m0/s1. The first-order valence-electron chi connectivity index (χ1n) is 18.2. The van der Waals surface area contributed by atoms with Crippen molar-refractivity contribution in [3.8, 4) is 45.4 Å². The van der Waals surface area contributed by atoms with Crippen LogP contribution in [-0.2, 0) is 29.2 Å². The number of nitrogens with zero attached hydrogens (tertiary/aromatic N) is 5. The van der Waals surface area contributed by atoms with Gasteiger partial charge in [0.25, 0.3) is 0 Å². The van der Waals surface area contributed by atoms with Gasteiger partial charge in [0.05, 0.1) is 48.0 Å². The second-order valence-electron chi connectivity index (χ2n) is 13.6. The summed E-state index contributed by atoms with van der Waals surface area (Å²) in [5, 5.41) is 10.3. The number of halogens is 2. The lowest BCUT2D eigenvalue weighted by Gasteiger charge is -2.26. The number of methoxy groups -OCH3 is 2. The molecular weight excluding hydrogens is 739 g/mol. The molecule has 3 aromatic carbocycles. The molecule has 0 bridgehead atoms. The van der Waals surface area contributed by atoms with E-state index in [4.69, 9.17) is 47.6 Å². The monoisotopic (exact) mass is 780 g/mol. The van der Waals surface area contributed by atoms with E-state index in [-0.39, 0.29) is 23.9 Å². The van der Waals surface area contributed by atoms with Gasteiger partial charge in [0.15, 0.2) is 0 Å². The first kappa shape index (κ1) is 38.1. The molecule has 284 valence electrons. The normalized spacial score (nSPS) is 16.7. The highest BCUT2D eigenvalue weighted by Gasteiger charge is 2.25. The van der Waals surface area contributed by atoms with Crippen LogP contribution in [0.1, 0.15) is 42.6 Å². The molecule has 2 amide bonds. The Bertz CT molecular complexity index is 2170. The molecule has 14 heteroatoms. The molecule has 2 aliphatic rings. The van der Waals surface area contributed by atoms with Crippen molar-refractivity contribution in [2.75, 3.05) is 27.3 Å². The van der Waals surface area contributed by atoms with Gasteiger partial charge in [-0.05, 0) is 18.4 Å². The van der Waals surface area contributed by atoms with Gasteiger partial charge in [-0.2, -0.15) is 0 Å². The lowest BCUT2D eigenvalue weighted by Crippen LogP contribution is -2.38. The lowest BCUT2D eigenvalue weighted by molar-refractivity contribution is -0.120. The molecule has 0 saturated carbocycles. The molecule has 2 fully saturated rings. The van der Waals surface area contributed by atoms with Crippen molar-refractivity contribution in [2.24, 2.45) is 0 Å². The summed E-state index contributed by atoms with van der Waals surface area (Å²) in [6.45, 7) is 2.88. The summed E-state index contributed by atoms with van der Waals surface area (Å²) >= 11 is 14.3. The zero-order valence-electron chi connectivity index (χ0n) is 30.6. The Labute approximate surface area is 330 Å². The highest BCUT2D eigenvalue weighted by Crippen LogP contribution is 2.42. The molecule has 2 aliphatic heterocycles. The third kappa shape index (κ3) is 9.05. The Kier molecular flexibility index (Phi) is 12.2. The predicted octanol–water partition coefficient (Wildman–Crippen LogP) is 6.24. The number of rotatable bonds is 15. The fraction of sp³-hybridized carbons (Fsp3) is 0.317. The summed E-state index contributed by atoms with van der Waals surface area (Å²) in [5.41, 5.74) is 6.34. The number of hydrogen-bond donors (Lipinski definition) is 3. The van der Waals surface area contributed by atoms with Gasteiger partial charge in [-0.3, -0.25) is 24.5 Å². The summed E-state index contributed by atoms with van der Waals surface area (Å²) in [7, 11) is 3.14. The largest absolute Gasteiger partial charge is 0.480 e. The number of carbonyl (C=O) groups excluding carboxylic acids is 2. The number of aromatic nitrogens is 4. The summed E-state index contributed by atoms with van der Waals surface area (Å²) in [6, 6.07) is 21.8. The highest BCUT2D eigenvalue weighted by molar-refractivity contribution is 6.39. The lowest BCUT2D eigenvalue weighted by atomic mass is 9.98. The minimum Gasteiger partial charge on any atom is -0.480 e. The average Bonchev–Trinajstić information content (AvgIpc) is 3.82. The molecule has 7 rings (SSSR count). The van der Waals surface area contributed by atoms with Gasteiger partial charge in [0.1, 0.15) is 11.4 Å². The molecule has 0 unspecified atom stereocenters. The van der Waals surface area contributed by atoms with Crippen LogP contribution in [0.15, 0.2) is 79.1 Å². The van der Waals surface area contributed by atoms with Crippen molar-refractivity contribution in [2.45, 2.75) is 57.4 Å². The molecule has 2 atom stereocenters. The van der Waals surface area contributed by atoms with Crippen molar-refractivity contribution in [3.63, 3.8) is 0 Å². The Hall–Kier alpha value is -5.14. The van der Waals surface area contributed by atoms with E-state index in [0.29, 0.717) is 112 Å². The quantitative estimate of drug-likeness (QED) is 0.112. The van der Waals surface area contributed by atoms with Crippen LogP contribution in [0, 0.1) is 0 Å². The number of hydrogen-bond acceptors (Lipinski definition) is 10. The van der Waals surface area contributed by atoms with Gasteiger partial charge in [0.2, 0.25) is 23.6 Å². The second-order valence-corrected chi connectivity index (χ2v) is 14.4. The first-order valence-corrected chi connectivity index (χ1v) is 19.0. The highest BCUT2D eigenvalue weighted by atomic mass is 35.5. The number of carbonyl (C=O) groups is 2. The molecule has 2 aromatic heterocycles. The van der Waals surface area contributed by atoms with Gasteiger partial charge < -0.3 is 25.4 Å². The molecular formula is C41H42Cl2N8O4. The molecule has 3 N–H and O–H groups in total. The van der Waals surface area contributed by atoms with Crippen molar-refractivity contribution in [3.05, 3.63) is 106 Å². The average molecular weight is 782 g/mol. The maximum Gasteiger partial charge on any atom is 0.237 e. The third-order valence-corrected chi connectivity index (χ3v) is 10.6. The molecule has 12 nitrogen and oxygen atoms in total. The van der Waals surface area contributed by atoms with E-state index in [0.717, 1.165) is 18.4 Å². The molecule has 0 aliphatic carbocycles. The number of amides is 2. The van der Waals surface area contributed by atoms with E-state index in [1.165, 1.54) is 0 Å². The van der Waals surface area contributed by atoms with Crippen LogP contribution in [-0.4, -0.2) is 76.0 Å². The van der Waals surface area contributed by atoms with Crippen LogP contribution < -0.4 is 25.4 Å². The number of nitrogens with one attached hydrogen (secondary N) is 3. The van der Waals surface area contributed by atoms with Crippen LogP contribution >= 0.6 is 23.2 Å². The third-order valence-electron chi connectivity index (χ3n) is 9.80. The van der Waals surface area contributed by atoms with Crippen LogP contribution in [0.2, 0.25) is 10.0 Å². The summed E-state index contributed by atoms with van der Waals surface area (Å²) in [4.78, 5) is 44.8. The van der Waals surface area contributed by atoms with Crippen LogP contribution in [0.25, 0.3) is 33.6 Å². The van der Waals surface area contributed by atoms with Gasteiger partial charge >= 0.3 is 0 Å². The van der Waals surface area contributed by atoms with Crippen LogP contribution in [0.3, 0.4) is 0 Å². The maximum absolute atomic E-state index is 12.0. The fourth-order valence-corrected chi connectivity index (χ4v) is 7.69. The van der Waals surface area contributed by atoms with Crippen molar-refractivity contribution in [1.29, 1.82) is 0 Å². The molecule has 55 heavy (non-hydrogen) atoms. The molecule has 5 aromatic rings. The first-order chi connectivity index (χ1) is 26.8. The summed E-state index contributed by atoms with van der Waals surface area (Å²) in [6.07, 6.45) is 6.07. The molecule has 2 saturated heterocycles. The van der Waals surface area contributed by atoms with Gasteiger partial charge in [-0.25, -0.2) is 9.97 Å². The van der Waals surface area contributed by atoms with Crippen molar-refractivity contribution in [1.82, 2.24) is 40.8 Å². The minimum atomic E-state index is 0.0656. The number of ether oxygens (including phenoxy) is 2. The van der Waals surface area contributed by atoms with E-state index in [1.807, 2.05) is 54.6 Å². The Morgan fingerprint density at radius 3 is 1.82 bits per heavy atom. The van der Waals surface area contributed by atoms with E-state index in [9.17, 15) is 9.59 Å². The minimum absolute atomic E-state index is 0.0656. The fourth-order valence-electron chi connectivity index (χ4n) is 7.05. The molecule has 0 radical (unpaired) electrons. The van der Waals surface area contributed by atoms with E-state index in [2.05, 4.69) is 38.0 Å². The van der Waals surface area contributed by atoms with Gasteiger partial charge in [-0.1, -0.05) is 89.9 Å². The summed E-state index contributed by atoms with van der Waals surface area (Å²) in [5.74, 6) is 0.935. The van der Waals surface area contributed by atoms with Crippen LogP contribution in [0.5, 0.6) is 11.8 Å². The summed E-state index contributed by atoms with van der Waals surface area (Å²) < 4.78 is 11.4. The Morgan fingerprint density at radius 1 is 0.709 bits per heavy atom. The zero-order chi connectivity index (χ0) is 38.3. The van der Waals surface area contributed by atoms with Crippen molar-refractivity contribution < 1.29 is 19.1 Å². The van der Waals surface area contributed by atoms with Gasteiger partial charge in [-0.15, -0.1) is 0 Å². The van der Waals surface area contributed by atoms with Gasteiger partial charge in [0, 0.05) is 79.9 Å². The Balaban J connectivity index is 1.11. The van der Waals surface area contributed by atoms with Crippen LogP contribution in [0.4, 0.5) is 0 Å². The van der Waals surface area contributed by atoms with E-state index in [1.54, 1.807) is 26.6 Å². The predicted molar refractivity (Wildman–Crippen MR) is 212 cm³/mol. The Morgan fingerprint density at radius 2 is 1.25 bits per heavy atom.